The predicted octanol–water partition coefficient (Wildman–Crippen LogP) is 3.78. The first-order valence-electron chi connectivity index (χ1n) is 8.28. The summed E-state index contributed by atoms with van der Waals surface area (Å²) in [4.78, 5) is 27.2. The minimum Gasteiger partial charge on any atom is -0.339 e. The molecule has 3 aromatic rings. The molecule has 1 aliphatic rings. The minimum absolute atomic E-state index is 0.0310. The number of carbonyl (C=O) groups is 2. The summed E-state index contributed by atoms with van der Waals surface area (Å²) in [7, 11) is 0. The van der Waals surface area contributed by atoms with Crippen LogP contribution in [0.5, 0.6) is 0 Å². The summed E-state index contributed by atoms with van der Waals surface area (Å²) in [5.74, 6) is -0.323. The Morgan fingerprint density at radius 1 is 1.00 bits per heavy atom. The van der Waals surface area contributed by atoms with Crippen molar-refractivity contribution in [1.82, 2.24) is 9.27 Å². The molecule has 0 aliphatic carbocycles. The number of hydrogen-bond acceptors (Lipinski definition) is 4. The molecule has 0 unspecified atom stereocenters. The van der Waals surface area contributed by atoms with Gasteiger partial charge in [0.05, 0.1) is 16.0 Å². The molecule has 0 bridgehead atoms. The second-order valence-electron chi connectivity index (χ2n) is 6.03. The lowest BCUT2D eigenvalue weighted by Crippen LogP contribution is -2.28. The van der Waals surface area contributed by atoms with Crippen LogP contribution in [0.2, 0.25) is 0 Å². The van der Waals surface area contributed by atoms with Crippen molar-refractivity contribution in [2.24, 2.45) is 0 Å². The maximum absolute atomic E-state index is 12.7. The number of para-hydroxylation sites is 1. The van der Waals surface area contributed by atoms with Crippen molar-refractivity contribution >= 4 is 39.1 Å². The summed E-state index contributed by atoms with van der Waals surface area (Å²) in [6.07, 6.45) is 2.07. The number of nitrogens with zero attached hydrogens (tertiary/aromatic N) is 2. The number of carbonyl (C=O) groups excluding carboxylic acids is 2. The van der Waals surface area contributed by atoms with E-state index in [-0.39, 0.29) is 11.8 Å². The molecule has 1 aromatic heterocycles. The van der Waals surface area contributed by atoms with Gasteiger partial charge >= 0.3 is 0 Å². The molecule has 5 nitrogen and oxygen atoms in total. The van der Waals surface area contributed by atoms with Crippen LogP contribution >= 0.6 is 11.5 Å². The van der Waals surface area contributed by atoms with E-state index in [1.807, 2.05) is 41.3 Å². The zero-order valence-corrected chi connectivity index (χ0v) is 14.4. The average Bonchev–Trinajstić information content (AvgIpc) is 3.31. The number of aromatic nitrogens is 1. The molecule has 6 heteroatoms. The number of nitrogens with one attached hydrogen (secondary N) is 1. The molecule has 2 amide bonds. The Hall–Kier alpha value is -2.73. The Kier molecular flexibility index (Phi) is 4.19. The summed E-state index contributed by atoms with van der Waals surface area (Å²) in [5.41, 5.74) is 1.45. The third-order valence-electron chi connectivity index (χ3n) is 4.39. The van der Waals surface area contributed by atoms with Gasteiger partial charge in [0.15, 0.2) is 0 Å². The van der Waals surface area contributed by atoms with Crippen molar-refractivity contribution in [2.75, 3.05) is 18.4 Å². The molecule has 1 aliphatic heterocycles. The van der Waals surface area contributed by atoms with Crippen LogP contribution in [0, 0.1) is 0 Å². The molecular weight excluding hydrogens is 334 g/mol. The highest BCUT2D eigenvalue weighted by Gasteiger charge is 2.23. The van der Waals surface area contributed by atoms with Gasteiger partial charge in [-0.25, -0.2) is 0 Å². The van der Waals surface area contributed by atoms with Crippen LogP contribution < -0.4 is 5.32 Å². The number of hydrogen-bond donors (Lipinski definition) is 1. The number of rotatable bonds is 3. The lowest BCUT2D eigenvalue weighted by molar-refractivity contribution is 0.0794. The fourth-order valence-electron chi connectivity index (χ4n) is 3.10. The topological polar surface area (TPSA) is 62.3 Å². The smallest absolute Gasteiger partial charge is 0.276 e. The summed E-state index contributed by atoms with van der Waals surface area (Å²) in [6.45, 7) is 1.55. The van der Waals surface area contributed by atoms with Gasteiger partial charge in [0.1, 0.15) is 5.69 Å². The van der Waals surface area contributed by atoms with Gasteiger partial charge in [0, 0.05) is 18.5 Å². The molecule has 2 aromatic carbocycles. The first-order chi connectivity index (χ1) is 12.2. The van der Waals surface area contributed by atoms with Gasteiger partial charge in [0.25, 0.3) is 11.8 Å². The minimum atomic E-state index is -0.292. The Morgan fingerprint density at radius 2 is 1.72 bits per heavy atom. The first-order valence-corrected chi connectivity index (χ1v) is 9.05. The van der Waals surface area contributed by atoms with Crippen LogP contribution in [0.4, 0.5) is 5.69 Å². The molecule has 1 fully saturated rings. The fourth-order valence-corrected chi connectivity index (χ4v) is 3.87. The van der Waals surface area contributed by atoms with Gasteiger partial charge in [-0.15, -0.1) is 0 Å². The summed E-state index contributed by atoms with van der Waals surface area (Å²) < 4.78 is 5.24. The largest absolute Gasteiger partial charge is 0.339 e. The highest BCUT2D eigenvalue weighted by Crippen LogP contribution is 2.25. The van der Waals surface area contributed by atoms with Crippen LogP contribution in [-0.4, -0.2) is 34.2 Å². The lowest BCUT2D eigenvalue weighted by atomic mass is 10.1. The second kappa shape index (κ2) is 6.64. The SMILES string of the molecule is O=C(Nc1ccccc1C(=O)N1CCCC1)c1nsc2ccccc12. The molecule has 0 atom stereocenters. The zero-order valence-electron chi connectivity index (χ0n) is 13.6. The predicted molar refractivity (Wildman–Crippen MR) is 99.2 cm³/mol. The summed E-state index contributed by atoms with van der Waals surface area (Å²) in [5, 5.41) is 3.69. The number of benzene rings is 2. The van der Waals surface area contributed by atoms with E-state index in [2.05, 4.69) is 9.69 Å². The van der Waals surface area contributed by atoms with Crippen LogP contribution in [0.1, 0.15) is 33.7 Å². The van der Waals surface area contributed by atoms with E-state index in [9.17, 15) is 9.59 Å². The van der Waals surface area contributed by atoms with E-state index < -0.39 is 0 Å². The van der Waals surface area contributed by atoms with Gasteiger partial charge in [0.2, 0.25) is 0 Å². The number of anilines is 1. The average molecular weight is 351 g/mol. The Balaban J connectivity index is 1.62. The number of fused-ring (bicyclic) bond motifs is 1. The quantitative estimate of drug-likeness (QED) is 0.781. The number of amides is 2. The third kappa shape index (κ3) is 3.00. The van der Waals surface area contributed by atoms with E-state index >= 15 is 0 Å². The third-order valence-corrected chi connectivity index (χ3v) is 5.22. The molecule has 25 heavy (non-hydrogen) atoms. The molecule has 126 valence electrons. The van der Waals surface area contributed by atoms with Gasteiger partial charge in [-0.3, -0.25) is 9.59 Å². The normalized spacial score (nSPS) is 14.0. The van der Waals surface area contributed by atoms with Crippen molar-refractivity contribution < 1.29 is 9.59 Å². The van der Waals surface area contributed by atoms with Gasteiger partial charge < -0.3 is 10.2 Å². The van der Waals surface area contributed by atoms with E-state index in [4.69, 9.17) is 0 Å². The van der Waals surface area contributed by atoms with Gasteiger partial charge in [-0.2, -0.15) is 4.37 Å². The van der Waals surface area contributed by atoms with Crippen LogP contribution in [0.3, 0.4) is 0 Å². The second-order valence-corrected chi connectivity index (χ2v) is 6.83. The van der Waals surface area contributed by atoms with Crippen molar-refractivity contribution in [1.29, 1.82) is 0 Å². The van der Waals surface area contributed by atoms with E-state index in [1.54, 1.807) is 12.1 Å². The van der Waals surface area contributed by atoms with Crippen LogP contribution in [0.25, 0.3) is 10.1 Å². The lowest BCUT2D eigenvalue weighted by Gasteiger charge is -2.17. The Morgan fingerprint density at radius 3 is 2.56 bits per heavy atom. The zero-order chi connectivity index (χ0) is 17.2. The highest BCUT2D eigenvalue weighted by atomic mass is 32.1. The standard InChI is InChI=1S/C19H17N3O2S/c23-18(17-14-8-2-4-10-16(14)25-21-17)20-15-9-3-1-7-13(15)19(24)22-11-5-6-12-22/h1-4,7-10H,5-6,11-12H2,(H,20,23). The molecule has 1 N–H and O–H groups in total. The van der Waals surface area contributed by atoms with E-state index in [0.29, 0.717) is 16.9 Å². The van der Waals surface area contributed by atoms with Crippen LogP contribution in [0.15, 0.2) is 48.5 Å². The summed E-state index contributed by atoms with van der Waals surface area (Å²) in [6, 6.07) is 14.8. The molecule has 0 spiro atoms. The molecule has 0 saturated carbocycles. The Bertz CT molecular complexity index is 945. The fraction of sp³-hybridized carbons (Fsp3) is 0.211. The Labute approximate surface area is 149 Å². The molecule has 2 heterocycles. The molecule has 0 radical (unpaired) electrons. The first kappa shape index (κ1) is 15.8. The van der Waals surface area contributed by atoms with Crippen molar-refractivity contribution in [3.05, 3.63) is 59.8 Å². The van der Waals surface area contributed by atoms with Crippen molar-refractivity contribution in [2.45, 2.75) is 12.8 Å². The number of likely N-dealkylation sites (tertiary alicyclic amines) is 1. The molecular formula is C19H17N3O2S. The monoisotopic (exact) mass is 351 g/mol. The highest BCUT2D eigenvalue weighted by molar-refractivity contribution is 7.13. The van der Waals surface area contributed by atoms with E-state index in [1.165, 1.54) is 11.5 Å². The van der Waals surface area contributed by atoms with Crippen LogP contribution in [-0.2, 0) is 0 Å². The van der Waals surface area contributed by atoms with Crippen molar-refractivity contribution in [3.8, 4) is 0 Å². The van der Waals surface area contributed by atoms with Gasteiger partial charge in [-0.05, 0) is 42.6 Å². The molecule has 1 saturated heterocycles. The maximum atomic E-state index is 12.7. The van der Waals surface area contributed by atoms with Crippen molar-refractivity contribution in [3.63, 3.8) is 0 Å². The van der Waals surface area contributed by atoms with E-state index in [0.717, 1.165) is 36.0 Å². The summed E-state index contributed by atoms with van der Waals surface area (Å²) >= 11 is 1.30. The maximum Gasteiger partial charge on any atom is 0.276 e. The molecule has 4 rings (SSSR count). The van der Waals surface area contributed by atoms with Gasteiger partial charge in [-0.1, -0.05) is 30.3 Å².